The molecule has 0 bridgehead atoms. The molecule has 1 rings (SSSR count). The maximum Gasteiger partial charge on any atom is 0.0460 e. The predicted octanol–water partition coefficient (Wildman–Crippen LogP) is 4.14. The first-order valence-corrected chi connectivity index (χ1v) is 6.89. The van der Waals surface area contributed by atoms with Crippen LogP contribution in [0.4, 0.5) is 0 Å². The van der Waals surface area contributed by atoms with Crippen molar-refractivity contribution >= 4 is 0 Å². The van der Waals surface area contributed by atoms with Crippen LogP contribution >= 0.6 is 0 Å². The van der Waals surface area contributed by atoms with Crippen LogP contribution in [0.1, 0.15) is 70.5 Å². The highest BCUT2D eigenvalue weighted by atomic mass is 15.2. The predicted molar refractivity (Wildman–Crippen MR) is 79.3 cm³/mol. The molecule has 0 heterocycles. The van der Waals surface area contributed by atoms with E-state index in [0.717, 1.165) is 12.8 Å². The molecule has 0 amide bonds. The van der Waals surface area contributed by atoms with Crippen LogP contribution in [0.15, 0.2) is 24.3 Å². The number of rotatable bonds is 5. The number of hydrogen-bond donors (Lipinski definition) is 2. The highest BCUT2D eigenvalue weighted by Crippen LogP contribution is 2.27. The number of hydrogen-bond acceptors (Lipinski definition) is 2. The van der Waals surface area contributed by atoms with Gasteiger partial charge in [0.15, 0.2) is 0 Å². The Morgan fingerprint density at radius 3 is 1.94 bits per heavy atom. The molecule has 0 saturated heterocycles. The third-order valence-electron chi connectivity index (χ3n) is 3.39. The maximum absolute atomic E-state index is 5.68. The van der Waals surface area contributed by atoms with Crippen molar-refractivity contribution in [3.05, 3.63) is 35.4 Å². The van der Waals surface area contributed by atoms with Gasteiger partial charge in [-0.3, -0.25) is 11.3 Å². The van der Waals surface area contributed by atoms with Gasteiger partial charge in [-0.1, -0.05) is 58.9 Å². The first-order valence-electron chi connectivity index (χ1n) is 6.89. The minimum absolute atomic E-state index is 0.255. The van der Waals surface area contributed by atoms with Crippen LogP contribution in [0, 0.1) is 5.41 Å². The minimum Gasteiger partial charge on any atom is -0.271 e. The van der Waals surface area contributed by atoms with Gasteiger partial charge < -0.3 is 0 Å². The van der Waals surface area contributed by atoms with Crippen molar-refractivity contribution < 1.29 is 0 Å². The van der Waals surface area contributed by atoms with E-state index in [1.165, 1.54) is 11.1 Å². The van der Waals surface area contributed by atoms with Crippen molar-refractivity contribution in [2.24, 2.45) is 11.3 Å². The average molecular weight is 248 g/mol. The minimum atomic E-state index is 0.255. The second-order valence-corrected chi connectivity index (χ2v) is 6.64. The van der Waals surface area contributed by atoms with Crippen LogP contribution in [-0.2, 0) is 0 Å². The lowest BCUT2D eigenvalue weighted by atomic mass is 9.87. The molecule has 0 aliphatic heterocycles. The normalized spacial score (nSPS) is 13.9. The monoisotopic (exact) mass is 248 g/mol. The summed E-state index contributed by atoms with van der Waals surface area (Å²) in [6.07, 6.45) is 2.23. The molecule has 1 atom stereocenters. The van der Waals surface area contributed by atoms with Gasteiger partial charge in [0.05, 0.1) is 0 Å². The van der Waals surface area contributed by atoms with Crippen molar-refractivity contribution in [1.82, 2.24) is 5.43 Å². The lowest BCUT2D eigenvalue weighted by molar-refractivity contribution is 0.333. The zero-order valence-corrected chi connectivity index (χ0v) is 12.5. The fourth-order valence-electron chi connectivity index (χ4n) is 2.04. The smallest absolute Gasteiger partial charge is 0.0460 e. The lowest BCUT2D eigenvalue weighted by Gasteiger charge is -2.23. The molecule has 0 radical (unpaired) electrons. The molecule has 0 aliphatic rings. The second kappa shape index (κ2) is 6.35. The Kier molecular flexibility index (Phi) is 5.36. The molecular weight excluding hydrogens is 220 g/mol. The van der Waals surface area contributed by atoms with Gasteiger partial charge in [-0.2, -0.15) is 0 Å². The third-order valence-corrected chi connectivity index (χ3v) is 3.39. The van der Waals surface area contributed by atoms with Crippen molar-refractivity contribution in [1.29, 1.82) is 0 Å². The van der Waals surface area contributed by atoms with Crippen molar-refractivity contribution in [2.45, 2.75) is 59.4 Å². The van der Waals surface area contributed by atoms with E-state index < -0.39 is 0 Å². The van der Waals surface area contributed by atoms with Gasteiger partial charge in [-0.25, -0.2) is 0 Å². The molecule has 18 heavy (non-hydrogen) atoms. The summed E-state index contributed by atoms with van der Waals surface area (Å²) in [5.41, 5.74) is 5.96. The number of nitrogens with one attached hydrogen (secondary N) is 1. The van der Waals surface area contributed by atoms with Gasteiger partial charge in [0.1, 0.15) is 0 Å². The summed E-state index contributed by atoms with van der Waals surface area (Å²) >= 11 is 0. The quantitative estimate of drug-likeness (QED) is 0.607. The fourth-order valence-corrected chi connectivity index (χ4v) is 2.04. The highest BCUT2D eigenvalue weighted by Gasteiger charge is 2.15. The summed E-state index contributed by atoms with van der Waals surface area (Å²) in [4.78, 5) is 0. The largest absolute Gasteiger partial charge is 0.271 e. The van der Waals surface area contributed by atoms with Crippen LogP contribution in [0.25, 0.3) is 0 Å². The maximum atomic E-state index is 5.68. The molecule has 0 spiro atoms. The van der Waals surface area contributed by atoms with Crippen LogP contribution in [0.3, 0.4) is 0 Å². The Balaban J connectivity index is 2.70. The Labute approximate surface area is 112 Å². The van der Waals surface area contributed by atoms with Gasteiger partial charge in [-0.05, 0) is 35.3 Å². The van der Waals surface area contributed by atoms with Crippen molar-refractivity contribution in [2.75, 3.05) is 0 Å². The van der Waals surface area contributed by atoms with E-state index in [1.807, 2.05) is 0 Å². The first kappa shape index (κ1) is 15.2. The number of hydrazine groups is 1. The third kappa shape index (κ3) is 4.79. The molecular formula is C16H28N2. The van der Waals surface area contributed by atoms with Crippen LogP contribution in [0.5, 0.6) is 0 Å². The standard InChI is InChI=1S/C16H28N2/c1-12(2)13-6-8-14(9-7-13)15(18-17)10-11-16(3,4)5/h6-9,12,15,18H,10-11,17H2,1-5H3. The van der Waals surface area contributed by atoms with E-state index in [-0.39, 0.29) is 6.04 Å². The SMILES string of the molecule is CC(C)c1ccc(C(CCC(C)(C)C)NN)cc1. The van der Waals surface area contributed by atoms with Crippen LogP contribution in [0.2, 0.25) is 0 Å². The summed E-state index contributed by atoms with van der Waals surface area (Å²) in [6.45, 7) is 11.2. The summed E-state index contributed by atoms with van der Waals surface area (Å²) < 4.78 is 0. The van der Waals surface area contributed by atoms with E-state index in [1.54, 1.807) is 0 Å². The Morgan fingerprint density at radius 2 is 1.56 bits per heavy atom. The molecule has 2 nitrogen and oxygen atoms in total. The lowest BCUT2D eigenvalue weighted by Crippen LogP contribution is -2.28. The Bertz CT molecular complexity index is 346. The molecule has 1 aromatic carbocycles. The van der Waals surface area contributed by atoms with Crippen molar-refractivity contribution in [3.8, 4) is 0 Å². The van der Waals surface area contributed by atoms with Gasteiger partial charge in [0.25, 0.3) is 0 Å². The summed E-state index contributed by atoms with van der Waals surface area (Å²) in [7, 11) is 0. The molecule has 0 saturated carbocycles. The Morgan fingerprint density at radius 1 is 1.06 bits per heavy atom. The van der Waals surface area contributed by atoms with Gasteiger partial charge in [0.2, 0.25) is 0 Å². The van der Waals surface area contributed by atoms with E-state index in [9.17, 15) is 0 Å². The van der Waals surface area contributed by atoms with E-state index >= 15 is 0 Å². The highest BCUT2D eigenvalue weighted by molar-refractivity contribution is 5.26. The zero-order chi connectivity index (χ0) is 13.8. The average Bonchev–Trinajstić information content (AvgIpc) is 2.29. The van der Waals surface area contributed by atoms with Crippen molar-refractivity contribution in [3.63, 3.8) is 0 Å². The molecule has 0 aromatic heterocycles. The summed E-state index contributed by atoms with van der Waals surface area (Å²) in [6, 6.07) is 9.07. The van der Waals surface area contributed by atoms with Gasteiger partial charge in [-0.15, -0.1) is 0 Å². The molecule has 1 aromatic rings. The molecule has 3 N–H and O–H groups in total. The molecule has 0 aliphatic carbocycles. The van der Waals surface area contributed by atoms with Crippen LogP contribution < -0.4 is 11.3 Å². The van der Waals surface area contributed by atoms with Crippen LogP contribution in [-0.4, -0.2) is 0 Å². The Hall–Kier alpha value is -0.860. The molecule has 1 unspecified atom stereocenters. The summed E-state index contributed by atoms with van der Waals surface area (Å²) in [5.74, 6) is 6.26. The zero-order valence-electron chi connectivity index (χ0n) is 12.5. The second-order valence-electron chi connectivity index (χ2n) is 6.64. The fraction of sp³-hybridized carbons (Fsp3) is 0.625. The van der Waals surface area contributed by atoms with Gasteiger partial charge in [0, 0.05) is 6.04 Å². The first-order chi connectivity index (χ1) is 8.33. The number of nitrogens with two attached hydrogens (primary N) is 1. The van der Waals surface area contributed by atoms with E-state index in [2.05, 4.69) is 64.3 Å². The number of benzene rings is 1. The van der Waals surface area contributed by atoms with Gasteiger partial charge >= 0.3 is 0 Å². The molecule has 2 heteroatoms. The van der Waals surface area contributed by atoms with E-state index in [4.69, 9.17) is 5.84 Å². The van der Waals surface area contributed by atoms with E-state index in [0.29, 0.717) is 11.3 Å². The summed E-state index contributed by atoms with van der Waals surface area (Å²) in [5, 5.41) is 0. The molecule has 102 valence electrons. The topological polar surface area (TPSA) is 38.0 Å². The molecule has 0 fully saturated rings.